The fraction of sp³-hybridized carbons (Fsp3) is 0.562. The highest BCUT2D eigenvalue weighted by Gasteiger charge is 2.26. The molecule has 8 heteroatoms. The minimum atomic E-state index is -3.53. The van der Waals surface area contributed by atoms with Gasteiger partial charge in [-0.25, -0.2) is 8.42 Å². The quantitative estimate of drug-likeness (QED) is 0.843. The van der Waals surface area contributed by atoms with E-state index in [-0.39, 0.29) is 10.8 Å². The molecule has 6 nitrogen and oxygen atoms in total. The Balaban J connectivity index is 1.69. The van der Waals surface area contributed by atoms with Crippen LogP contribution in [0.3, 0.4) is 0 Å². The molecule has 1 aromatic rings. The van der Waals surface area contributed by atoms with Crippen LogP contribution in [0.25, 0.3) is 0 Å². The lowest BCUT2D eigenvalue weighted by Crippen LogP contribution is -2.38. The summed E-state index contributed by atoms with van der Waals surface area (Å²) in [6, 6.07) is 6.29. The average molecular weight is 370 g/mol. The van der Waals surface area contributed by atoms with Crippen LogP contribution in [0.4, 0.5) is 0 Å². The second kappa shape index (κ2) is 7.86. The van der Waals surface area contributed by atoms with Crippen molar-refractivity contribution in [3.8, 4) is 0 Å². The van der Waals surface area contributed by atoms with Crippen molar-refractivity contribution >= 4 is 27.7 Å². The highest BCUT2D eigenvalue weighted by Crippen LogP contribution is 2.21. The molecule has 2 fully saturated rings. The molecule has 1 aromatic carbocycles. The summed E-state index contributed by atoms with van der Waals surface area (Å²) in [5.74, 6) is 1.71. The Morgan fingerprint density at radius 2 is 2.12 bits per heavy atom. The predicted octanol–water partition coefficient (Wildman–Crippen LogP) is 1.19. The third-order valence-corrected chi connectivity index (χ3v) is 7.12. The maximum absolute atomic E-state index is 12.7. The molecule has 2 aliphatic heterocycles. The number of amides is 1. The second-order valence-electron chi connectivity index (χ2n) is 5.98. The van der Waals surface area contributed by atoms with Gasteiger partial charge in [-0.15, -0.1) is 0 Å². The monoisotopic (exact) mass is 370 g/mol. The molecule has 132 valence electrons. The minimum absolute atomic E-state index is 0.186. The van der Waals surface area contributed by atoms with Crippen molar-refractivity contribution in [1.82, 2.24) is 9.62 Å². The van der Waals surface area contributed by atoms with Gasteiger partial charge in [-0.05, 0) is 24.6 Å². The molecule has 0 bridgehead atoms. The van der Waals surface area contributed by atoms with Gasteiger partial charge in [0.25, 0.3) is 5.91 Å². The average Bonchev–Trinajstić information content (AvgIpc) is 3.14. The molecule has 0 spiro atoms. The van der Waals surface area contributed by atoms with Crippen molar-refractivity contribution in [2.24, 2.45) is 5.92 Å². The van der Waals surface area contributed by atoms with Crippen molar-refractivity contribution in [3.63, 3.8) is 0 Å². The molecule has 0 aromatic heterocycles. The number of nitrogens with one attached hydrogen (secondary N) is 1. The van der Waals surface area contributed by atoms with Crippen LogP contribution in [0.15, 0.2) is 29.2 Å². The highest BCUT2D eigenvalue weighted by atomic mass is 32.2. The van der Waals surface area contributed by atoms with Gasteiger partial charge in [0.2, 0.25) is 10.0 Å². The van der Waals surface area contributed by atoms with Gasteiger partial charge in [-0.3, -0.25) is 4.79 Å². The SMILES string of the molecule is O=C(NC[C@H]1CCOC1)c1cccc(S(=O)(=O)N2CCSCC2)c1. The summed E-state index contributed by atoms with van der Waals surface area (Å²) in [4.78, 5) is 12.5. The first-order chi connectivity index (χ1) is 11.6. The lowest BCUT2D eigenvalue weighted by Gasteiger charge is -2.25. The lowest BCUT2D eigenvalue weighted by molar-refractivity contribution is 0.0945. The number of benzene rings is 1. The fourth-order valence-electron chi connectivity index (χ4n) is 2.82. The van der Waals surface area contributed by atoms with Crippen LogP contribution in [0, 0.1) is 5.92 Å². The molecule has 3 rings (SSSR count). The number of nitrogens with zero attached hydrogens (tertiary/aromatic N) is 1. The molecule has 1 amide bonds. The van der Waals surface area contributed by atoms with Crippen LogP contribution < -0.4 is 5.32 Å². The van der Waals surface area contributed by atoms with Crippen molar-refractivity contribution in [2.75, 3.05) is 44.4 Å². The largest absolute Gasteiger partial charge is 0.381 e. The van der Waals surface area contributed by atoms with E-state index in [1.54, 1.807) is 30.0 Å². The van der Waals surface area contributed by atoms with E-state index in [9.17, 15) is 13.2 Å². The van der Waals surface area contributed by atoms with E-state index >= 15 is 0 Å². The van der Waals surface area contributed by atoms with Gasteiger partial charge in [-0.1, -0.05) is 6.07 Å². The Kier molecular flexibility index (Phi) is 5.80. The van der Waals surface area contributed by atoms with Gasteiger partial charge in [0, 0.05) is 49.2 Å². The fourth-order valence-corrected chi connectivity index (χ4v) is 5.44. The minimum Gasteiger partial charge on any atom is -0.381 e. The van der Waals surface area contributed by atoms with E-state index in [0.717, 1.165) is 24.5 Å². The summed E-state index contributed by atoms with van der Waals surface area (Å²) < 4.78 is 32.2. The molecular weight excluding hydrogens is 348 g/mol. The number of thioether (sulfide) groups is 1. The van der Waals surface area contributed by atoms with Crippen molar-refractivity contribution < 1.29 is 17.9 Å². The van der Waals surface area contributed by atoms with Crippen LogP contribution in [-0.4, -0.2) is 63.0 Å². The first-order valence-electron chi connectivity index (χ1n) is 8.11. The number of hydrogen-bond donors (Lipinski definition) is 1. The first-order valence-corrected chi connectivity index (χ1v) is 10.7. The molecular formula is C16H22N2O4S2. The maximum atomic E-state index is 12.7. The standard InChI is InChI=1S/C16H22N2O4S2/c19-16(17-11-13-4-7-22-12-13)14-2-1-3-15(10-14)24(20,21)18-5-8-23-9-6-18/h1-3,10,13H,4-9,11-12H2,(H,17,19)/t13-/m1/s1. The zero-order valence-corrected chi connectivity index (χ0v) is 15.1. The summed E-state index contributed by atoms with van der Waals surface area (Å²) in [7, 11) is -3.53. The van der Waals surface area contributed by atoms with Crippen molar-refractivity contribution in [2.45, 2.75) is 11.3 Å². The molecule has 0 radical (unpaired) electrons. The third kappa shape index (κ3) is 4.11. The van der Waals surface area contributed by atoms with Crippen molar-refractivity contribution in [3.05, 3.63) is 29.8 Å². The highest BCUT2D eigenvalue weighted by molar-refractivity contribution is 7.99. The molecule has 0 aliphatic carbocycles. The number of sulfonamides is 1. The summed E-state index contributed by atoms with van der Waals surface area (Å²) in [6.45, 7) is 3.00. The zero-order valence-electron chi connectivity index (χ0n) is 13.4. The Morgan fingerprint density at radius 1 is 1.33 bits per heavy atom. The molecule has 2 saturated heterocycles. The van der Waals surface area contributed by atoms with Crippen LogP contribution >= 0.6 is 11.8 Å². The number of hydrogen-bond acceptors (Lipinski definition) is 5. The van der Waals surface area contributed by atoms with E-state index < -0.39 is 10.0 Å². The summed E-state index contributed by atoms with van der Waals surface area (Å²) in [5.41, 5.74) is 0.376. The molecule has 2 aliphatic rings. The van der Waals surface area contributed by atoms with Crippen LogP contribution in [0.1, 0.15) is 16.8 Å². The zero-order chi connectivity index (χ0) is 17.0. The Morgan fingerprint density at radius 3 is 2.83 bits per heavy atom. The molecule has 1 N–H and O–H groups in total. The number of carbonyl (C=O) groups excluding carboxylic acids is 1. The van der Waals surface area contributed by atoms with E-state index in [0.29, 0.717) is 37.7 Å². The van der Waals surface area contributed by atoms with Gasteiger partial charge >= 0.3 is 0 Å². The van der Waals surface area contributed by atoms with Gasteiger partial charge in [0.1, 0.15) is 0 Å². The smallest absolute Gasteiger partial charge is 0.251 e. The lowest BCUT2D eigenvalue weighted by atomic mass is 10.1. The van der Waals surface area contributed by atoms with E-state index in [1.165, 1.54) is 10.4 Å². The molecule has 2 heterocycles. The Hall–Kier alpha value is -1.09. The normalized spacial score (nSPS) is 22.4. The topological polar surface area (TPSA) is 75.7 Å². The summed E-state index contributed by atoms with van der Waals surface area (Å²) >= 11 is 1.76. The van der Waals surface area contributed by atoms with E-state index in [2.05, 4.69) is 5.32 Å². The summed E-state index contributed by atoms with van der Waals surface area (Å²) in [6.07, 6.45) is 0.946. The third-order valence-electron chi connectivity index (χ3n) is 4.28. The molecule has 1 atom stereocenters. The van der Waals surface area contributed by atoms with Crippen LogP contribution in [-0.2, 0) is 14.8 Å². The van der Waals surface area contributed by atoms with Crippen molar-refractivity contribution in [1.29, 1.82) is 0 Å². The van der Waals surface area contributed by atoms with Gasteiger partial charge in [-0.2, -0.15) is 16.1 Å². The van der Waals surface area contributed by atoms with Gasteiger partial charge in [0.05, 0.1) is 11.5 Å². The van der Waals surface area contributed by atoms with Gasteiger partial charge < -0.3 is 10.1 Å². The Bertz CT molecular complexity index is 681. The number of rotatable bonds is 5. The number of carbonyl (C=O) groups is 1. The maximum Gasteiger partial charge on any atom is 0.251 e. The predicted molar refractivity (Wildman–Crippen MR) is 93.8 cm³/mol. The van der Waals surface area contributed by atoms with Crippen LogP contribution in [0.5, 0.6) is 0 Å². The first kappa shape index (κ1) is 17.7. The van der Waals surface area contributed by atoms with Gasteiger partial charge in [0.15, 0.2) is 0 Å². The molecule has 24 heavy (non-hydrogen) atoms. The van der Waals surface area contributed by atoms with Crippen LogP contribution in [0.2, 0.25) is 0 Å². The van der Waals surface area contributed by atoms with E-state index in [4.69, 9.17) is 4.74 Å². The molecule has 0 unspecified atom stereocenters. The van der Waals surface area contributed by atoms with E-state index in [1.807, 2.05) is 0 Å². The number of ether oxygens (including phenoxy) is 1. The Labute approximate surface area is 147 Å². The second-order valence-corrected chi connectivity index (χ2v) is 9.15. The summed E-state index contributed by atoms with van der Waals surface area (Å²) in [5, 5.41) is 2.87. The molecule has 0 saturated carbocycles.